The van der Waals surface area contributed by atoms with Crippen LogP contribution in [-0.4, -0.2) is 28.6 Å². The van der Waals surface area contributed by atoms with Crippen LogP contribution in [0.15, 0.2) is 10.9 Å². The summed E-state index contributed by atoms with van der Waals surface area (Å²) in [6.45, 7) is 2.35. The van der Waals surface area contributed by atoms with Crippen molar-refractivity contribution < 1.29 is 22.9 Å². The summed E-state index contributed by atoms with van der Waals surface area (Å²) in [5.41, 5.74) is 3.89. The highest BCUT2D eigenvalue weighted by Gasteiger charge is 2.26. The summed E-state index contributed by atoms with van der Waals surface area (Å²) in [6, 6.07) is 0.946. The van der Waals surface area contributed by atoms with Crippen molar-refractivity contribution in [3.05, 3.63) is 27.5 Å². The summed E-state index contributed by atoms with van der Waals surface area (Å²) >= 11 is 0. The van der Waals surface area contributed by atoms with Gasteiger partial charge in [-0.2, -0.15) is 8.42 Å². The quantitative estimate of drug-likeness (QED) is 0.628. The number of rotatable bonds is 3. The van der Waals surface area contributed by atoms with Crippen molar-refractivity contribution in [1.82, 2.24) is 4.57 Å². The molecule has 1 atom stereocenters. The number of hydrogen-bond acceptors (Lipinski definition) is 5. The van der Waals surface area contributed by atoms with E-state index < -0.39 is 32.8 Å². The highest BCUT2D eigenvalue weighted by atomic mass is 32.2. The highest BCUT2D eigenvalue weighted by molar-refractivity contribution is 7.85. The van der Waals surface area contributed by atoms with Gasteiger partial charge in [-0.05, 0) is 19.4 Å². The van der Waals surface area contributed by atoms with Crippen LogP contribution < -0.4 is 11.3 Å². The summed E-state index contributed by atoms with van der Waals surface area (Å²) in [5.74, 6) is -1.90. The molecule has 0 saturated heterocycles. The summed E-state index contributed by atoms with van der Waals surface area (Å²) in [7, 11) is -4.61. The predicted molar refractivity (Wildman–Crippen MR) is 61.9 cm³/mol. The molecule has 0 bridgehead atoms. The zero-order chi connectivity index (χ0) is 14.2. The Kier molecular flexibility index (Phi) is 3.49. The second kappa shape index (κ2) is 4.42. The number of aromatic hydroxyl groups is 1. The number of carbonyl (C=O) groups excluding carboxylic acids is 1. The molecule has 0 aliphatic rings. The third-order valence-corrected chi connectivity index (χ3v) is 3.54. The SMILES string of the molecule is Cc1cc(=O)n(C(C)S(=O)(=O)O)c(O)c1C(N)=O. The molecule has 1 heterocycles. The van der Waals surface area contributed by atoms with Crippen LogP contribution in [0.5, 0.6) is 5.88 Å². The first-order valence-electron chi connectivity index (χ1n) is 4.78. The number of primary amides is 1. The molecular formula is C9H12N2O6S. The lowest BCUT2D eigenvalue weighted by Crippen LogP contribution is -2.30. The van der Waals surface area contributed by atoms with Gasteiger partial charge in [-0.3, -0.25) is 18.7 Å². The van der Waals surface area contributed by atoms with Crippen molar-refractivity contribution in [2.24, 2.45) is 5.73 Å². The number of aromatic nitrogens is 1. The van der Waals surface area contributed by atoms with Gasteiger partial charge in [-0.25, -0.2) is 0 Å². The van der Waals surface area contributed by atoms with Gasteiger partial charge < -0.3 is 10.8 Å². The molecule has 1 unspecified atom stereocenters. The Morgan fingerprint density at radius 3 is 2.39 bits per heavy atom. The molecule has 18 heavy (non-hydrogen) atoms. The molecule has 0 saturated carbocycles. The third kappa shape index (κ3) is 2.36. The summed E-state index contributed by atoms with van der Waals surface area (Å²) in [6.07, 6.45) is 0. The standard InChI is InChI=1S/C9H12N2O6S/c1-4-3-6(12)11(5(2)18(15,16)17)9(14)7(4)8(10)13/h3,5,14H,1-2H3,(H2,10,13)(H,15,16,17). The van der Waals surface area contributed by atoms with Gasteiger partial charge in [0.25, 0.3) is 21.6 Å². The molecule has 9 heteroatoms. The lowest BCUT2D eigenvalue weighted by molar-refractivity contribution is 0.0995. The zero-order valence-electron chi connectivity index (χ0n) is 9.61. The Bertz CT molecular complexity index is 660. The van der Waals surface area contributed by atoms with E-state index in [0.29, 0.717) is 4.57 Å². The zero-order valence-corrected chi connectivity index (χ0v) is 10.4. The second-order valence-electron chi connectivity index (χ2n) is 3.71. The van der Waals surface area contributed by atoms with Crippen LogP contribution in [0, 0.1) is 6.92 Å². The number of amides is 1. The second-order valence-corrected chi connectivity index (χ2v) is 5.42. The Morgan fingerprint density at radius 1 is 1.50 bits per heavy atom. The number of pyridine rings is 1. The minimum absolute atomic E-state index is 0.115. The molecule has 1 aromatic heterocycles. The Hall–Kier alpha value is -1.87. The largest absolute Gasteiger partial charge is 0.494 e. The van der Waals surface area contributed by atoms with Gasteiger partial charge in [0.15, 0.2) is 5.37 Å². The third-order valence-electron chi connectivity index (χ3n) is 2.46. The number of aryl methyl sites for hydroxylation is 1. The average molecular weight is 276 g/mol. The fraction of sp³-hybridized carbons (Fsp3) is 0.333. The first-order valence-corrected chi connectivity index (χ1v) is 6.29. The number of hydrogen-bond donors (Lipinski definition) is 3. The molecule has 100 valence electrons. The van der Waals surface area contributed by atoms with Gasteiger partial charge in [0.2, 0.25) is 5.88 Å². The molecule has 8 nitrogen and oxygen atoms in total. The van der Waals surface area contributed by atoms with E-state index in [2.05, 4.69) is 0 Å². The summed E-state index contributed by atoms with van der Waals surface area (Å²) in [4.78, 5) is 22.7. The van der Waals surface area contributed by atoms with Gasteiger partial charge in [0.1, 0.15) is 5.56 Å². The van der Waals surface area contributed by atoms with Crippen molar-refractivity contribution in [3.8, 4) is 5.88 Å². The first-order chi connectivity index (χ1) is 8.07. The minimum Gasteiger partial charge on any atom is -0.494 e. The normalized spacial score (nSPS) is 13.3. The first kappa shape index (κ1) is 14.2. The van der Waals surface area contributed by atoms with Gasteiger partial charge in [0.05, 0.1) is 0 Å². The maximum atomic E-state index is 11.6. The maximum absolute atomic E-state index is 11.6. The molecule has 0 aliphatic carbocycles. The molecule has 0 fully saturated rings. The molecule has 1 aromatic rings. The topological polar surface area (TPSA) is 140 Å². The lowest BCUT2D eigenvalue weighted by Gasteiger charge is -2.16. The molecule has 0 aliphatic heterocycles. The average Bonchev–Trinajstić information content (AvgIpc) is 2.13. The fourth-order valence-electron chi connectivity index (χ4n) is 1.52. The van der Waals surface area contributed by atoms with Gasteiger partial charge in [-0.15, -0.1) is 0 Å². The molecule has 0 spiro atoms. The van der Waals surface area contributed by atoms with Crippen LogP contribution in [0.3, 0.4) is 0 Å². The maximum Gasteiger partial charge on any atom is 0.286 e. The van der Waals surface area contributed by atoms with E-state index in [1.165, 1.54) is 6.92 Å². The smallest absolute Gasteiger partial charge is 0.286 e. The van der Waals surface area contributed by atoms with Crippen molar-refractivity contribution in [2.45, 2.75) is 19.2 Å². The van der Waals surface area contributed by atoms with E-state index in [-0.39, 0.29) is 11.1 Å². The molecule has 0 aromatic carbocycles. The van der Waals surface area contributed by atoms with E-state index in [4.69, 9.17) is 10.3 Å². The van der Waals surface area contributed by atoms with Gasteiger partial charge >= 0.3 is 0 Å². The molecule has 0 radical (unpaired) electrons. The monoisotopic (exact) mass is 276 g/mol. The predicted octanol–water partition coefficient (Wildman–Crippen LogP) is -0.632. The Labute approximate surface area is 102 Å². The fourth-order valence-corrected chi connectivity index (χ4v) is 1.99. The van der Waals surface area contributed by atoms with Gasteiger partial charge in [0, 0.05) is 6.07 Å². The van der Waals surface area contributed by atoms with Crippen molar-refractivity contribution in [3.63, 3.8) is 0 Å². The molecule has 4 N–H and O–H groups in total. The van der Waals surface area contributed by atoms with Crippen LogP contribution in [0.25, 0.3) is 0 Å². The lowest BCUT2D eigenvalue weighted by atomic mass is 10.1. The van der Waals surface area contributed by atoms with Crippen LogP contribution in [0.4, 0.5) is 0 Å². The summed E-state index contributed by atoms with van der Waals surface area (Å²) in [5, 5.41) is 8.01. The highest BCUT2D eigenvalue weighted by Crippen LogP contribution is 2.23. The number of carbonyl (C=O) groups is 1. The minimum atomic E-state index is -4.61. The van der Waals surface area contributed by atoms with E-state index in [0.717, 1.165) is 13.0 Å². The molecule has 1 amide bonds. The van der Waals surface area contributed by atoms with E-state index in [1.807, 2.05) is 0 Å². The van der Waals surface area contributed by atoms with Crippen LogP contribution in [0.2, 0.25) is 0 Å². The van der Waals surface area contributed by atoms with Crippen molar-refractivity contribution in [2.75, 3.05) is 0 Å². The van der Waals surface area contributed by atoms with Crippen LogP contribution in [-0.2, 0) is 10.1 Å². The number of nitrogens with two attached hydrogens (primary N) is 1. The summed E-state index contributed by atoms with van der Waals surface area (Å²) < 4.78 is 31.2. The Balaban J connectivity index is 3.72. The molecular weight excluding hydrogens is 264 g/mol. The van der Waals surface area contributed by atoms with Crippen molar-refractivity contribution in [1.29, 1.82) is 0 Å². The van der Waals surface area contributed by atoms with Crippen molar-refractivity contribution >= 4 is 16.0 Å². The van der Waals surface area contributed by atoms with E-state index >= 15 is 0 Å². The number of nitrogens with zero attached hydrogens (tertiary/aromatic N) is 1. The van der Waals surface area contributed by atoms with Crippen LogP contribution >= 0.6 is 0 Å². The van der Waals surface area contributed by atoms with E-state index in [9.17, 15) is 23.1 Å². The molecule has 1 rings (SSSR count). The van der Waals surface area contributed by atoms with Gasteiger partial charge in [-0.1, -0.05) is 0 Å². The van der Waals surface area contributed by atoms with Crippen LogP contribution in [0.1, 0.15) is 28.2 Å². The van der Waals surface area contributed by atoms with E-state index in [1.54, 1.807) is 0 Å². The Morgan fingerprint density at radius 2 is 2.00 bits per heavy atom.